The van der Waals surface area contributed by atoms with E-state index in [1.165, 1.54) is 11.1 Å². The number of benzene rings is 2. The van der Waals surface area contributed by atoms with Crippen LogP contribution in [-0.2, 0) is 0 Å². The molecule has 2 heteroatoms. The van der Waals surface area contributed by atoms with Gasteiger partial charge in [-0.1, -0.05) is 41.1 Å². The molecule has 0 saturated carbocycles. The van der Waals surface area contributed by atoms with Gasteiger partial charge in [0.15, 0.2) is 5.76 Å². The molecule has 0 spiro atoms. The van der Waals surface area contributed by atoms with Gasteiger partial charge in [-0.15, -0.1) is 0 Å². The summed E-state index contributed by atoms with van der Waals surface area (Å²) in [7, 11) is 0. The van der Waals surface area contributed by atoms with Crippen LogP contribution in [0.5, 0.6) is 0 Å². The molecule has 1 aromatic heterocycles. The Morgan fingerprint density at radius 2 is 1.82 bits per heavy atom. The molecule has 0 aliphatic carbocycles. The molecular weight excluding hydrogens is 210 g/mol. The number of hydrogen-bond acceptors (Lipinski definition) is 2. The Hall–Kier alpha value is -2.09. The van der Waals surface area contributed by atoms with Crippen LogP contribution in [-0.4, -0.2) is 5.16 Å². The molecular formula is C15H13NO. The van der Waals surface area contributed by atoms with Crippen molar-refractivity contribution in [3.8, 4) is 11.3 Å². The van der Waals surface area contributed by atoms with Gasteiger partial charge in [0.25, 0.3) is 0 Å². The highest BCUT2D eigenvalue weighted by Crippen LogP contribution is 2.30. The van der Waals surface area contributed by atoms with E-state index in [9.17, 15) is 0 Å². The van der Waals surface area contributed by atoms with Crippen molar-refractivity contribution >= 4 is 10.9 Å². The molecule has 0 atom stereocenters. The third-order valence-corrected chi connectivity index (χ3v) is 3.01. The number of nitrogens with zero attached hydrogens (tertiary/aromatic N) is 1. The highest BCUT2D eigenvalue weighted by Gasteiger charge is 2.11. The van der Waals surface area contributed by atoms with Gasteiger partial charge in [-0.05, 0) is 31.5 Å². The Morgan fingerprint density at radius 3 is 2.65 bits per heavy atom. The lowest BCUT2D eigenvalue weighted by molar-refractivity contribution is 0.440. The molecule has 3 aromatic rings. The first-order chi connectivity index (χ1) is 8.25. The quantitative estimate of drug-likeness (QED) is 0.620. The van der Waals surface area contributed by atoms with E-state index in [2.05, 4.69) is 37.2 Å². The van der Waals surface area contributed by atoms with Crippen molar-refractivity contribution < 1.29 is 4.52 Å². The van der Waals surface area contributed by atoms with E-state index in [0.29, 0.717) is 0 Å². The number of hydrogen-bond donors (Lipinski definition) is 0. The minimum Gasteiger partial charge on any atom is -0.355 e. The average Bonchev–Trinajstić information content (AvgIpc) is 2.73. The first-order valence-corrected chi connectivity index (χ1v) is 5.68. The standard InChI is InChI=1S/C15H13NO/c1-10-7-8-12(11(2)9-10)15-13-5-3-4-6-14(13)16-17-15/h3-9H,1-2H3. The fourth-order valence-corrected chi connectivity index (χ4v) is 2.15. The van der Waals surface area contributed by atoms with Crippen LogP contribution in [0.1, 0.15) is 11.1 Å². The van der Waals surface area contributed by atoms with Crippen LogP contribution in [0.3, 0.4) is 0 Å². The summed E-state index contributed by atoms with van der Waals surface area (Å²) in [4.78, 5) is 0. The summed E-state index contributed by atoms with van der Waals surface area (Å²) in [5.41, 5.74) is 4.49. The molecule has 0 N–H and O–H groups in total. The summed E-state index contributed by atoms with van der Waals surface area (Å²) in [6, 6.07) is 14.3. The first-order valence-electron chi connectivity index (χ1n) is 5.68. The van der Waals surface area contributed by atoms with E-state index < -0.39 is 0 Å². The number of aromatic nitrogens is 1. The van der Waals surface area contributed by atoms with Gasteiger partial charge >= 0.3 is 0 Å². The van der Waals surface area contributed by atoms with Crippen molar-refractivity contribution in [1.29, 1.82) is 0 Å². The van der Waals surface area contributed by atoms with Crippen LogP contribution in [0.25, 0.3) is 22.2 Å². The normalized spacial score (nSPS) is 10.9. The Kier molecular flexibility index (Phi) is 2.22. The fraction of sp³-hybridized carbons (Fsp3) is 0.133. The van der Waals surface area contributed by atoms with Gasteiger partial charge in [0.2, 0.25) is 0 Å². The highest BCUT2D eigenvalue weighted by molar-refractivity contribution is 5.92. The SMILES string of the molecule is Cc1ccc(-c2onc3ccccc23)c(C)c1. The molecule has 0 saturated heterocycles. The monoisotopic (exact) mass is 223 g/mol. The summed E-state index contributed by atoms with van der Waals surface area (Å²) in [6.07, 6.45) is 0. The molecule has 0 aliphatic rings. The summed E-state index contributed by atoms with van der Waals surface area (Å²) >= 11 is 0. The summed E-state index contributed by atoms with van der Waals surface area (Å²) in [6.45, 7) is 4.19. The summed E-state index contributed by atoms with van der Waals surface area (Å²) in [5, 5.41) is 5.15. The third kappa shape index (κ3) is 1.62. The van der Waals surface area contributed by atoms with Gasteiger partial charge in [-0.25, -0.2) is 0 Å². The van der Waals surface area contributed by atoms with Crippen LogP contribution in [0, 0.1) is 13.8 Å². The van der Waals surface area contributed by atoms with E-state index in [1.807, 2.05) is 24.3 Å². The number of rotatable bonds is 1. The Balaban J connectivity index is 2.27. The van der Waals surface area contributed by atoms with Crippen molar-refractivity contribution in [3.63, 3.8) is 0 Å². The van der Waals surface area contributed by atoms with Crippen molar-refractivity contribution in [1.82, 2.24) is 5.16 Å². The van der Waals surface area contributed by atoms with Crippen LogP contribution in [0.2, 0.25) is 0 Å². The predicted octanol–water partition coefficient (Wildman–Crippen LogP) is 4.11. The van der Waals surface area contributed by atoms with E-state index in [4.69, 9.17) is 4.52 Å². The molecule has 0 aliphatic heterocycles. The minimum absolute atomic E-state index is 0.859. The van der Waals surface area contributed by atoms with Gasteiger partial charge in [0, 0.05) is 10.9 Å². The van der Waals surface area contributed by atoms with Gasteiger partial charge in [-0.2, -0.15) is 0 Å². The predicted molar refractivity (Wildman–Crippen MR) is 68.9 cm³/mol. The van der Waals surface area contributed by atoms with E-state index in [-0.39, 0.29) is 0 Å². The molecule has 0 radical (unpaired) electrons. The second-order valence-electron chi connectivity index (χ2n) is 4.35. The van der Waals surface area contributed by atoms with Crippen LogP contribution >= 0.6 is 0 Å². The molecule has 0 unspecified atom stereocenters. The third-order valence-electron chi connectivity index (χ3n) is 3.01. The maximum absolute atomic E-state index is 5.47. The van der Waals surface area contributed by atoms with E-state index >= 15 is 0 Å². The molecule has 1 heterocycles. The lowest BCUT2D eigenvalue weighted by atomic mass is 10.0. The van der Waals surface area contributed by atoms with Crippen molar-refractivity contribution in [2.45, 2.75) is 13.8 Å². The molecule has 84 valence electrons. The maximum Gasteiger partial charge on any atom is 0.174 e. The van der Waals surface area contributed by atoms with Gasteiger partial charge < -0.3 is 4.52 Å². The van der Waals surface area contributed by atoms with Gasteiger partial charge in [-0.3, -0.25) is 0 Å². The number of fused-ring (bicyclic) bond motifs is 1. The zero-order chi connectivity index (χ0) is 11.8. The minimum atomic E-state index is 0.859. The lowest BCUT2D eigenvalue weighted by Crippen LogP contribution is -1.83. The molecule has 2 nitrogen and oxygen atoms in total. The largest absolute Gasteiger partial charge is 0.355 e. The second-order valence-corrected chi connectivity index (χ2v) is 4.35. The molecule has 0 bridgehead atoms. The lowest BCUT2D eigenvalue weighted by Gasteiger charge is -2.03. The zero-order valence-electron chi connectivity index (χ0n) is 9.90. The first kappa shape index (κ1) is 10.1. The second kappa shape index (κ2) is 3.74. The van der Waals surface area contributed by atoms with Crippen LogP contribution < -0.4 is 0 Å². The summed E-state index contributed by atoms with van der Waals surface area (Å²) in [5.74, 6) is 0.859. The molecule has 0 fully saturated rings. The Bertz CT molecular complexity index is 682. The van der Waals surface area contributed by atoms with Gasteiger partial charge in [0.1, 0.15) is 5.52 Å². The molecule has 0 amide bonds. The fourth-order valence-electron chi connectivity index (χ4n) is 2.15. The van der Waals surface area contributed by atoms with Crippen molar-refractivity contribution in [2.75, 3.05) is 0 Å². The Morgan fingerprint density at radius 1 is 1.00 bits per heavy atom. The summed E-state index contributed by atoms with van der Waals surface area (Å²) < 4.78 is 5.47. The van der Waals surface area contributed by atoms with Gasteiger partial charge in [0.05, 0.1) is 0 Å². The van der Waals surface area contributed by atoms with Crippen LogP contribution in [0.4, 0.5) is 0 Å². The molecule has 3 rings (SSSR count). The van der Waals surface area contributed by atoms with Crippen LogP contribution in [0.15, 0.2) is 47.0 Å². The van der Waals surface area contributed by atoms with Crippen molar-refractivity contribution in [3.05, 3.63) is 53.6 Å². The Labute approximate surface area is 99.9 Å². The smallest absolute Gasteiger partial charge is 0.174 e. The van der Waals surface area contributed by atoms with E-state index in [0.717, 1.165) is 22.2 Å². The zero-order valence-corrected chi connectivity index (χ0v) is 9.90. The highest BCUT2D eigenvalue weighted by atomic mass is 16.5. The molecule has 2 aromatic carbocycles. The van der Waals surface area contributed by atoms with Crippen molar-refractivity contribution in [2.24, 2.45) is 0 Å². The topological polar surface area (TPSA) is 26.0 Å². The molecule has 17 heavy (non-hydrogen) atoms. The van der Waals surface area contributed by atoms with E-state index in [1.54, 1.807) is 0 Å². The number of aryl methyl sites for hydroxylation is 2. The maximum atomic E-state index is 5.47. The average molecular weight is 223 g/mol.